The maximum absolute atomic E-state index is 11.9. The minimum absolute atomic E-state index is 0.0607. The second kappa shape index (κ2) is 6.34. The van der Waals surface area contributed by atoms with E-state index in [1.54, 1.807) is 0 Å². The molecule has 1 heterocycles. The number of aliphatic carboxylic acids is 1. The largest absolute Gasteiger partial charge is 0.481 e. The van der Waals surface area contributed by atoms with E-state index in [4.69, 9.17) is 0 Å². The van der Waals surface area contributed by atoms with Crippen LogP contribution >= 0.6 is 0 Å². The molecule has 0 unspecified atom stereocenters. The Balaban J connectivity index is 1.77. The molecule has 0 aromatic heterocycles. The van der Waals surface area contributed by atoms with Crippen molar-refractivity contribution >= 4 is 11.9 Å². The van der Waals surface area contributed by atoms with Crippen LogP contribution in [0, 0.1) is 5.41 Å². The lowest BCUT2D eigenvalue weighted by Gasteiger charge is -2.28. The Morgan fingerprint density at radius 3 is 2.42 bits per heavy atom. The number of carbonyl (C=O) groups is 2. The van der Waals surface area contributed by atoms with E-state index in [-0.39, 0.29) is 12.5 Å². The minimum Gasteiger partial charge on any atom is -0.481 e. The summed E-state index contributed by atoms with van der Waals surface area (Å²) in [7, 11) is 0. The molecule has 1 amide bonds. The Morgan fingerprint density at radius 2 is 1.84 bits per heavy atom. The molecule has 0 spiro atoms. The average molecular weight is 269 g/mol. The quantitative estimate of drug-likeness (QED) is 0.636. The highest BCUT2D eigenvalue weighted by molar-refractivity contribution is 5.80. The third-order valence-corrected chi connectivity index (χ3v) is 4.22. The molecule has 1 saturated heterocycles. The van der Waals surface area contributed by atoms with Crippen LogP contribution in [0.25, 0.3) is 0 Å². The standard InChI is InChI=1S/C13H23N3O3/c17-11(9-16-7-5-14-6-8-16)15-10-13(12(18)19)3-1-2-4-13/h14H,1-10H2,(H,15,17)(H,18,19). The van der Waals surface area contributed by atoms with E-state index in [9.17, 15) is 14.7 Å². The fraction of sp³-hybridized carbons (Fsp3) is 0.846. The minimum atomic E-state index is -0.771. The van der Waals surface area contributed by atoms with Gasteiger partial charge in [0.25, 0.3) is 0 Å². The van der Waals surface area contributed by atoms with Crippen molar-refractivity contribution in [3.05, 3.63) is 0 Å². The Bertz CT molecular complexity index is 334. The molecule has 0 aromatic rings. The fourth-order valence-corrected chi connectivity index (χ4v) is 2.91. The van der Waals surface area contributed by atoms with Crippen LogP contribution in [0.1, 0.15) is 25.7 Å². The van der Waals surface area contributed by atoms with Crippen molar-refractivity contribution in [1.29, 1.82) is 0 Å². The number of carboxylic acids is 1. The molecule has 1 saturated carbocycles. The lowest BCUT2D eigenvalue weighted by molar-refractivity contribution is -0.148. The summed E-state index contributed by atoms with van der Waals surface area (Å²) in [6, 6.07) is 0. The first-order valence-corrected chi connectivity index (χ1v) is 7.06. The van der Waals surface area contributed by atoms with E-state index >= 15 is 0 Å². The maximum atomic E-state index is 11.9. The van der Waals surface area contributed by atoms with Crippen LogP contribution in [0.5, 0.6) is 0 Å². The summed E-state index contributed by atoms with van der Waals surface area (Å²) in [6.45, 7) is 4.21. The van der Waals surface area contributed by atoms with Gasteiger partial charge in [-0.25, -0.2) is 0 Å². The number of nitrogens with one attached hydrogen (secondary N) is 2. The molecule has 2 rings (SSSR count). The smallest absolute Gasteiger partial charge is 0.311 e. The van der Waals surface area contributed by atoms with Crippen LogP contribution in [0.3, 0.4) is 0 Å². The highest BCUT2D eigenvalue weighted by Gasteiger charge is 2.41. The van der Waals surface area contributed by atoms with Gasteiger partial charge in [-0.15, -0.1) is 0 Å². The molecular formula is C13H23N3O3. The number of hydrogen-bond donors (Lipinski definition) is 3. The summed E-state index contributed by atoms with van der Waals surface area (Å²) in [5.41, 5.74) is -0.723. The van der Waals surface area contributed by atoms with Crippen LogP contribution in [-0.4, -0.2) is 61.2 Å². The van der Waals surface area contributed by atoms with Gasteiger partial charge >= 0.3 is 5.97 Å². The first-order valence-electron chi connectivity index (χ1n) is 7.06. The van der Waals surface area contributed by atoms with Crippen molar-refractivity contribution in [2.24, 2.45) is 5.41 Å². The van der Waals surface area contributed by atoms with Crippen molar-refractivity contribution < 1.29 is 14.7 Å². The number of rotatable bonds is 5. The van der Waals surface area contributed by atoms with Gasteiger partial charge in [0, 0.05) is 32.7 Å². The van der Waals surface area contributed by atoms with Crippen LogP contribution < -0.4 is 10.6 Å². The zero-order valence-electron chi connectivity index (χ0n) is 11.3. The van der Waals surface area contributed by atoms with Crippen molar-refractivity contribution in [1.82, 2.24) is 15.5 Å². The summed E-state index contributed by atoms with van der Waals surface area (Å²) in [5.74, 6) is -0.832. The number of amides is 1. The molecule has 6 nitrogen and oxygen atoms in total. The van der Waals surface area contributed by atoms with Gasteiger partial charge in [-0.05, 0) is 12.8 Å². The number of piperazine rings is 1. The Kier molecular flexibility index (Phi) is 4.76. The molecule has 0 bridgehead atoms. The third-order valence-electron chi connectivity index (χ3n) is 4.22. The fourth-order valence-electron chi connectivity index (χ4n) is 2.91. The van der Waals surface area contributed by atoms with E-state index in [0.29, 0.717) is 19.4 Å². The third kappa shape index (κ3) is 3.67. The van der Waals surface area contributed by atoms with Gasteiger partial charge in [-0.2, -0.15) is 0 Å². The van der Waals surface area contributed by atoms with Crippen LogP contribution in [0.2, 0.25) is 0 Å². The van der Waals surface area contributed by atoms with E-state index in [0.717, 1.165) is 39.0 Å². The van der Waals surface area contributed by atoms with Gasteiger partial charge in [0.05, 0.1) is 12.0 Å². The van der Waals surface area contributed by atoms with Gasteiger partial charge in [0.15, 0.2) is 0 Å². The SMILES string of the molecule is O=C(CN1CCNCC1)NCC1(C(=O)O)CCCC1. The summed E-state index contributed by atoms with van der Waals surface area (Å²) in [5, 5.41) is 15.4. The molecule has 6 heteroatoms. The molecule has 3 N–H and O–H groups in total. The Labute approximate surface area is 113 Å². The normalized spacial score (nSPS) is 23.2. The first-order chi connectivity index (χ1) is 9.12. The van der Waals surface area contributed by atoms with Crippen LogP contribution in [0.15, 0.2) is 0 Å². The zero-order valence-corrected chi connectivity index (χ0v) is 11.3. The zero-order chi connectivity index (χ0) is 13.7. The van der Waals surface area contributed by atoms with Gasteiger partial charge in [-0.3, -0.25) is 14.5 Å². The summed E-state index contributed by atoms with van der Waals surface area (Å²) in [4.78, 5) is 25.3. The molecule has 2 aliphatic rings. The number of carbonyl (C=O) groups excluding carboxylic acids is 1. The average Bonchev–Trinajstić information content (AvgIpc) is 2.88. The van der Waals surface area contributed by atoms with Crippen LogP contribution in [-0.2, 0) is 9.59 Å². The maximum Gasteiger partial charge on any atom is 0.311 e. The van der Waals surface area contributed by atoms with E-state index in [1.807, 2.05) is 0 Å². The van der Waals surface area contributed by atoms with Crippen molar-refractivity contribution in [2.75, 3.05) is 39.3 Å². The van der Waals surface area contributed by atoms with Gasteiger partial charge < -0.3 is 15.7 Å². The van der Waals surface area contributed by atoms with Gasteiger partial charge in [0.1, 0.15) is 0 Å². The second-order valence-corrected chi connectivity index (χ2v) is 5.60. The molecule has 1 aliphatic heterocycles. The lowest BCUT2D eigenvalue weighted by atomic mass is 9.86. The lowest BCUT2D eigenvalue weighted by Crippen LogP contribution is -2.49. The molecule has 108 valence electrons. The topological polar surface area (TPSA) is 81.7 Å². The highest BCUT2D eigenvalue weighted by Crippen LogP contribution is 2.37. The summed E-state index contributed by atoms with van der Waals surface area (Å²) >= 11 is 0. The predicted octanol–water partition coefficient (Wildman–Crippen LogP) is -0.347. The Hall–Kier alpha value is -1.14. The summed E-state index contributed by atoms with van der Waals surface area (Å²) < 4.78 is 0. The van der Waals surface area contributed by atoms with Crippen molar-refractivity contribution in [3.8, 4) is 0 Å². The number of carboxylic acid groups (broad SMARTS) is 1. The van der Waals surface area contributed by atoms with E-state index in [1.165, 1.54) is 0 Å². The predicted molar refractivity (Wildman–Crippen MR) is 70.9 cm³/mol. The molecule has 0 radical (unpaired) electrons. The molecular weight excluding hydrogens is 246 g/mol. The summed E-state index contributed by atoms with van der Waals surface area (Å²) in [6.07, 6.45) is 3.24. The van der Waals surface area contributed by atoms with E-state index < -0.39 is 11.4 Å². The number of nitrogens with zero attached hydrogens (tertiary/aromatic N) is 1. The van der Waals surface area contributed by atoms with Gasteiger partial charge in [-0.1, -0.05) is 12.8 Å². The molecule has 1 aliphatic carbocycles. The highest BCUT2D eigenvalue weighted by atomic mass is 16.4. The van der Waals surface area contributed by atoms with E-state index in [2.05, 4.69) is 15.5 Å². The first kappa shape index (κ1) is 14.3. The number of hydrogen-bond acceptors (Lipinski definition) is 4. The van der Waals surface area contributed by atoms with Crippen molar-refractivity contribution in [2.45, 2.75) is 25.7 Å². The Morgan fingerprint density at radius 1 is 1.21 bits per heavy atom. The van der Waals surface area contributed by atoms with Crippen LogP contribution in [0.4, 0.5) is 0 Å². The molecule has 2 fully saturated rings. The van der Waals surface area contributed by atoms with Gasteiger partial charge in [0.2, 0.25) is 5.91 Å². The monoisotopic (exact) mass is 269 g/mol. The molecule has 19 heavy (non-hydrogen) atoms. The second-order valence-electron chi connectivity index (χ2n) is 5.60. The van der Waals surface area contributed by atoms with Crippen molar-refractivity contribution in [3.63, 3.8) is 0 Å². The molecule has 0 aromatic carbocycles. The molecule has 0 atom stereocenters.